The summed E-state index contributed by atoms with van der Waals surface area (Å²) in [7, 11) is 0. The van der Waals surface area contributed by atoms with Crippen molar-refractivity contribution in [2.75, 3.05) is 11.9 Å². The number of H-pyrrole nitrogens is 1. The summed E-state index contributed by atoms with van der Waals surface area (Å²) in [6, 6.07) is 6.39. The van der Waals surface area contributed by atoms with Crippen LogP contribution in [0.15, 0.2) is 18.2 Å². The Bertz CT molecular complexity index is 700. The average molecular weight is 318 g/mol. The SMILES string of the molecule is Cc1ccc(NCc2n[nH]c(=S)n2CC2CCCO2)c(C)c1. The second-order valence-corrected chi connectivity index (χ2v) is 6.25. The second-order valence-electron chi connectivity index (χ2n) is 5.86. The number of anilines is 1. The minimum Gasteiger partial charge on any atom is -0.378 e. The first-order valence-electron chi connectivity index (χ1n) is 7.70. The highest BCUT2D eigenvalue weighted by Crippen LogP contribution is 2.18. The van der Waals surface area contributed by atoms with Crippen molar-refractivity contribution in [3.05, 3.63) is 39.9 Å². The molecule has 1 atom stereocenters. The Labute approximate surface area is 135 Å². The van der Waals surface area contributed by atoms with E-state index < -0.39 is 0 Å². The van der Waals surface area contributed by atoms with Crippen LogP contribution in [0.2, 0.25) is 0 Å². The van der Waals surface area contributed by atoms with Gasteiger partial charge in [0.15, 0.2) is 10.6 Å². The highest BCUT2D eigenvalue weighted by molar-refractivity contribution is 7.71. The maximum Gasteiger partial charge on any atom is 0.195 e. The van der Waals surface area contributed by atoms with Crippen LogP contribution >= 0.6 is 12.2 Å². The van der Waals surface area contributed by atoms with Crippen LogP contribution in [-0.4, -0.2) is 27.5 Å². The van der Waals surface area contributed by atoms with Gasteiger partial charge < -0.3 is 14.6 Å². The van der Waals surface area contributed by atoms with Crippen molar-refractivity contribution in [2.24, 2.45) is 0 Å². The van der Waals surface area contributed by atoms with Crippen LogP contribution < -0.4 is 5.32 Å². The fourth-order valence-electron chi connectivity index (χ4n) is 2.85. The van der Waals surface area contributed by atoms with Crippen LogP contribution in [0, 0.1) is 18.6 Å². The summed E-state index contributed by atoms with van der Waals surface area (Å²) in [5.74, 6) is 0.917. The molecule has 2 heterocycles. The highest BCUT2D eigenvalue weighted by Gasteiger charge is 2.18. The van der Waals surface area contributed by atoms with Gasteiger partial charge in [-0.1, -0.05) is 17.7 Å². The number of aryl methyl sites for hydroxylation is 2. The highest BCUT2D eigenvalue weighted by atomic mass is 32.1. The van der Waals surface area contributed by atoms with Crippen LogP contribution in [0.3, 0.4) is 0 Å². The molecule has 6 heteroatoms. The van der Waals surface area contributed by atoms with E-state index in [1.807, 2.05) is 4.57 Å². The molecule has 2 aromatic rings. The summed E-state index contributed by atoms with van der Waals surface area (Å²) in [4.78, 5) is 0. The molecule has 1 aliphatic heterocycles. The molecule has 0 bridgehead atoms. The molecule has 1 unspecified atom stereocenters. The molecule has 0 saturated carbocycles. The number of ether oxygens (including phenoxy) is 1. The molecule has 1 aromatic heterocycles. The molecule has 0 radical (unpaired) electrons. The summed E-state index contributed by atoms with van der Waals surface area (Å²) < 4.78 is 8.41. The molecule has 1 fully saturated rings. The van der Waals surface area contributed by atoms with Gasteiger partial charge in [-0.2, -0.15) is 5.10 Å². The Morgan fingerprint density at radius 3 is 3.05 bits per heavy atom. The van der Waals surface area contributed by atoms with E-state index in [1.165, 1.54) is 11.1 Å². The van der Waals surface area contributed by atoms with Gasteiger partial charge in [-0.25, -0.2) is 0 Å². The zero-order chi connectivity index (χ0) is 15.5. The average Bonchev–Trinajstić information content (AvgIpc) is 3.11. The monoisotopic (exact) mass is 318 g/mol. The molecule has 1 saturated heterocycles. The summed E-state index contributed by atoms with van der Waals surface area (Å²) in [6.07, 6.45) is 2.48. The molecule has 5 nitrogen and oxygen atoms in total. The molecule has 1 aromatic carbocycles. The number of aromatic nitrogens is 3. The third-order valence-corrected chi connectivity index (χ3v) is 4.38. The maximum atomic E-state index is 5.70. The second kappa shape index (κ2) is 6.62. The van der Waals surface area contributed by atoms with Gasteiger partial charge in [0.1, 0.15) is 0 Å². The molecular weight excluding hydrogens is 296 g/mol. The smallest absolute Gasteiger partial charge is 0.195 e. The zero-order valence-electron chi connectivity index (χ0n) is 13.1. The lowest BCUT2D eigenvalue weighted by atomic mass is 10.1. The fraction of sp³-hybridized carbons (Fsp3) is 0.500. The van der Waals surface area contributed by atoms with Gasteiger partial charge in [0.25, 0.3) is 0 Å². The van der Waals surface area contributed by atoms with Crippen molar-refractivity contribution in [1.82, 2.24) is 14.8 Å². The van der Waals surface area contributed by atoms with Gasteiger partial charge in [-0.05, 0) is 50.5 Å². The fourth-order valence-corrected chi connectivity index (χ4v) is 3.08. The first-order chi connectivity index (χ1) is 10.6. The number of hydrogen-bond acceptors (Lipinski definition) is 4. The Morgan fingerprint density at radius 2 is 2.32 bits per heavy atom. The Morgan fingerprint density at radius 1 is 1.45 bits per heavy atom. The lowest BCUT2D eigenvalue weighted by molar-refractivity contribution is 0.0959. The topological polar surface area (TPSA) is 54.9 Å². The molecule has 118 valence electrons. The van der Waals surface area contributed by atoms with E-state index in [4.69, 9.17) is 17.0 Å². The van der Waals surface area contributed by atoms with E-state index in [0.29, 0.717) is 11.3 Å². The minimum absolute atomic E-state index is 0.254. The Kier molecular flexibility index (Phi) is 4.59. The quantitative estimate of drug-likeness (QED) is 0.830. The molecule has 0 aliphatic carbocycles. The van der Waals surface area contributed by atoms with Gasteiger partial charge in [0, 0.05) is 12.3 Å². The summed E-state index contributed by atoms with van der Waals surface area (Å²) in [5.41, 5.74) is 3.63. The first-order valence-corrected chi connectivity index (χ1v) is 8.11. The standard InChI is InChI=1S/C16H22N4OS/c1-11-5-6-14(12(2)8-11)17-9-15-18-19-16(22)20(15)10-13-4-3-7-21-13/h5-6,8,13,17H,3-4,7,9-10H2,1-2H3,(H,19,22). The van der Waals surface area contributed by atoms with Crippen molar-refractivity contribution in [3.8, 4) is 0 Å². The van der Waals surface area contributed by atoms with Gasteiger partial charge in [-0.15, -0.1) is 0 Å². The normalized spacial score (nSPS) is 17.8. The number of benzene rings is 1. The maximum absolute atomic E-state index is 5.70. The molecule has 1 aliphatic rings. The Balaban J connectivity index is 1.71. The summed E-state index contributed by atoms with van der Waals surface area (Å²) in [5, 5.41) is 10.7. The van der Waals surface area contributed by atoms with Crippen molar-refractivity contribution in [1.29, 1.82) is 0 Å². The van der Waals surface area contributed by atoms with Crippen LogP contribution in [0.5, 0.6) is 0 Å². The van der Waals surface area contributed by atoms with E-state index >= 15 is 0 Å². The predicted molar refractivity (Wildman–Crippen MR) is 89.6 cm³/mol. The molecule has 22 heavy (non-hydrogen) atoms. The van der Waals surface area contributed by atoms with E-state index in [0.717, 1.165) is 37.5 Å². The largest absolute Gasteiger partial charge is 0.378 e. The number of aromatic amines is 1. The third-order valence-electron chi connectivity index (χ3n) is 4.07. The number of rotatable bonds is 5. The van der Waals surface area contributed by atoms with Crippen molar-refractivity contribution in [3.63, 3.8) is 0 Å². The van der Waals surface area contributed by atoms with E-state index in [2.05, 4.69) is 47.6 Å². The number of hydrogen-bond donors (Lipinski definition) is 2. The summed E-state index contributed by atoms with van der Waals surface area (Å²) in [6.45, 7) is 6.48. The van der Waals surface area contributed by atoms with Crippen LogP contribution in [0.1, 0.15) is 29.8 Å². The van der Waals surface area contributed by atoms with Crippen molar-refractivity contribution in [2.45, 2.75) is 45.9 Å². The lowest BCUT2D eigenvalue weighted by Gasteiger charge is -2.14. The van der Waals surface area contributed by atoms with Gasteiger partial charge in [0.2, 0.25) is 0 Å². The van der Waals surface area contributed by atoms with E-state index in [-0.39, 0.29) is 6.10 Å². The molecule has 0 spiro atoms. The zero-order valence-corrected chi connectivity index (χ0v) is 13.9. The molecule has 3 rings (SSSR count). The predicted octanol–water partition coefficient (Wildman–Crippen LogP) is 3.35. The van der Waals surface area contributed by atoms with Crippen LogP contribution in [0.4, 0.5) is 5.69 Å². The molecular formula is C16H22N4OS. The van der Waals surface area contributed by atoms with Crippen LogP contribution in [-0.2, 0) is 17.8 Å². The minimum atomic E-state index is 0.254. The third kappa shape index (κ3) is 3.39. The van der Waals surface area contributed by atoms with Gasteiger partial charge in [0.05, 0.1) is 19.2 Å². The summed E-state index contributed by atoms with van der Waals surface area (Å²) >= 11 is 5.34. The van der Waals surface area contributed by atoms with Gasteiger partial charge >= 0.3 is 0 Å². The van der Waals surface area contributed by atoms with Gasteiger partial charge in [-0.3, -0.25) is 5.10 Å². The number of nitrogens with one attached hydrogen (secondary N) is 2. The van der Waals surface area contributed by atoms with Crippen molar-refractivity contribution >= 4 is 17.9 Å². The Hall–Kier alpha value is -1.66. The van der Waals surface area contributed by atoms with Crippen LogP contribution in [0.25, 0.3) is 0 Å². The molecule has 2 N–H and O–H groups in total. The first kappa shape index (κ1) is 15.2. The van der Waals surface area contributed by atoms with Crippen molar-refractivity contribution < 1.29 is 4.74 Å². The lowest BCUT2D eigenvalue weighted by Crippen LogP contribution is -2.18. The van der Waals surface area contributed by atoms with E-state index in [9.17, 15) is 0 Å². The number of nitrogens with zero attached hydrogens (tertiary/aromatic N) is 2. The molecule has 0 amide bonds. The van der Waals surface area contributed by atoms with E-state index in [1.54, 1.807) is 0 Å².